The summed E-state index contributed by atoms with van der Waals surface area (Å²) in [5.74, 6) is -1.20. The number of hydrogen-bond donors (Lipinski definition) is 2. The number of carboxylic acid groups (broad SMARTS) is 1. The summed E-state index contributed by atoms with van der Waals surface area (Å²) in [4.78, 5) is 22.7. The maximum atomic E-state index is 11.9. The average Bonchev–Trinajstić information content (AvgIpc) is 2.97. The summed E-state index contributed by atoms with van der Waals surface area (Å²) in [7, 11) is 0. The van der Waals surface area contributed by atoms with E-state index in [1.54, 1.807) is 36.0 Å². The van der Waals surface area contributed by atoms with Crippen LogP contribution in [0.3, 0.4) is 0 Å². The molecule has 0 aliphatic heterocycles. The molecule has 1 amide bonds. The third-order valence-corrected chi connectivity index (χ3v) is 3.95. The number of rotatable bonds is 6. The third-order valence-electron chi connectivity index (χ3n) is 2.98. The zero-order valence-electron chi connectivity index (χ0n) is 12.2. The molecule has 2 aromatic rings. The van der Waals surface area contributed by atoms with Gasteiger partial charge in [0.1, 0.15) is 0 Å². The predicted octanol–water partition coefficient (Wildman–Crippen LogP) is 2.05. The average molecular weight is 320 g/mol. The first kappa shape index (κ1) is 16.0. The zero-order valence-corrected chi connectivity index (χ0v) is 13.0. The van der Waals surface area contributed by atoms with E-state index in [9.17, 15) is 9.59 Å². The summed E-state index contributed by atoms with van der Waals surface area (Å²) in [6.45, 7) is 1.99. The molecule has 0 saturated carbocycles. The first-order valence-electron chi connectivity index (χ1n) is 6.58. The first-order valence-corrected chi connectivity index (χ1v) is 7.87. The Bertz CT molecular complexity index is 686. The molecule has 0 aliphatic carbocycles. The lowest BCUT2D eigenvalue weighted by Crippen LogP contribution is -2.16. The van der Waals surface area contributed by atoms with E-state index < -0.39 is 5.97 Å². The van der Waals surface area contributed by atoms with Crippen LogP contribution in [-0.4, -0.2) is 43.5 Å². The molecule has 0 aliphatic rings. The van der Waals surface area contributed by atoms with Crippen molar-refractivity contribution in [1.29, 1.82) is 0 Å². The Labute approximate surface area is 131 Å². The minimum absolute atomic E-state index is 0.0659. The van der Waals surface area contributed by atoms with Crippen LogP contribution in [0.15, 0.2) is 30.5 Å². The van der Waals surface area contributed by atoms with Gasteiger partial charge < -0.3 is 10.4 Å². The van der Waals surface area contributed by atoms with Crippen LogP contribution in [0.5, 0.6) is 0 Å². The van der Waals surface area contributed by atoms with E-state index in [1.807, 2.05) is 13.2 Å². The highest BCUT2D eigenvalue weighted by Gasteiger charge is 2.11. The van der Waals surface area contributed by atoms with Gasteiger partial charge >= 0.3 is 5.97 Å². The number of nitrogens with one attached hydrogen (secondary N) is 1. The second-order valence-electron chi connectivity index (χ2n) is 4.70. The molecule has 1 unspecified atom stereocenters. The van der Waals surface area contributed by atoms with Gasteiger partial charge in [-0.25, -0.2) is 9.48 Å². The number of anilines is 1. The summed E-state index contributed by atoms with van der Waals surface area (Å²) in [5, 5.41) is 19.2. The Morgan fingerprint density at radius 3 is 2.86 bits per heavy atom. The Morgan fingerprint density at radius 1 is 1.45 bits per heavy atom. The van der Waals surface area contributed by atoms with Crippen molar-refractivity contribution in [3.63, 3.8) is 0 Å². The van der Waals surface area contributed by atoms with Crippen molar-refractivity contribution in [3.8, 4) is 5.69 Å². The predicted molar refractivity (Wildman–Crippen MR) is 84.5 cm³/mol. The first-order chi connectivity index (χ1) is 10.5. The molecule has 1 aromatic heterocycles. The molecule has 8 heteroatoms. The molecule has 116 valence electrons. The van der Waals surface area contributed by atoms with Gasteiger partial charge in [-0.3, -0.25) is 4.79 Å². The Balaban J connectivity index is 2.12. The van der Waals surface area contributed by atoms with Gasteiger partial charge in [0.2, 0.25) is 5.91 Å². The lowest BCUT2D eigenvalue weighted by molar-refractivity contribution is -0.116. The van der Waals surface area contributed by atoms with Crippen LogP contribution >= 0.6 is 11.8 Å². The fourth-order valence-electron chi connectivity index (χ4n) is 1.77. The fraction of sp³-hybridized carbons (Fsp3) is 0.286. The van der Waals surface area contributed by atoms with Crippen LogP contribution in [0, 0.1) is 0 Å². The molecule has 1 aromatic carbocycles. The van der Waals surface area contributed by atoms with Crippen LogP contribution in [0.1, 0.15) is 23.8 Å². The molecule has 2 rings (SSSR count). The highest BCUT2D eigenvalue weighted by atomic mass is 32.2. The molecule has 1 heterocycles. The van der Waals surface area contributed by atoms with E-state index >= 15 is 0 Å². The summed E-state index contributed by atoms with van der Waals surface area (Å²) < 4.78 is 1.35. The monoisotopic (exact) mass is 320 g/mol. The highest BCUT2D eigenvalue weighted by Crippen LogP contribution is 2.16. The second-order valence-corrected chi connectivity index (χ2v) is 5.98. The van der Waals surface area contributed by atoms with E-state index in [2.05, 4.69) is 15.6 Å². The Hall–Kier alpha value is -2.35. The number of nitrogens with zero attached hydrogens (tertiary/aromatic N) is 3. The quantitative estimate of drug-likeness (QED) is 0.845. The van der Waals surface area contributed by atoms with Gasteiger partial charge in [0, 0.05) is 17.4 Å². The maximum absolute atomic E-state index is 11.9. The van der Waals surface area contributed by atoms with Crippen molar-refractivity contribution in [1.82, 2.24) is 15.0 Å². The molecular formula is C14H16N4O3S. The summed E-state index contributed by atoms with van der Waals surface area (Å²) in [6.07, 6.45) is 3.71. The zero-order chi connectivity index (χ0) is 16.1. The SMILES string of the molecule is CSC(C)CC(=O)Nc1cccc(-n2cc(C(=O)O)nn2)c1. The number of benzene rings is 1. The lowest BCUT2D eigenvalue weighted by Gasteiger charge is -2.10. The fourth-order valence-corrected chi connectivity index (χ4v) is 2.09. The largest absolute Gasteiger partial charge is 0.476 e. The van der Waals surface area contributed by atoms with Crippen molar-refractivity contribution in [3.05, 3.63) is 36.2 Å². The Kier molecular flexibility index (Phi) is 5.16. The van der Waals surface area contributed by atoms with E-state index in [4.69, 9.17) is 5.11 Å². The third kappa shape index (κ3) is 4.08. The topological polar surface area (TPSA) is 97.1 Å². The molecule has 0 fully saturated rings. The number of thioether (sulfide) groups is 1. The molecule has 2 N–H and O–H groups in total. The standard InChI is InChI=1S/C14H16N4O3S/c1-9(22-2)6-13(19)15-10-4-3-5-11(7-10)18-8-12(14(20)21)16-17-18/h3-5,7-9H,6H2,1-2H3,(H,15,19)(H,20,21). The van der Waals surface area contributed by atoms with Crippen molar-refractivity contribution in [2.45, 2.75) is 18.6 Å². The van der Waals surface area contributed by atoms with Gasteiger partial charge in [-0.05, 0) is 24.5 Å². The van der Waals surface area contributed by atoms with Crippen LogP contribution in [0.25, 0.3) is 5.69 Å². The van der Waals surface area contributed by atoms with Crippen LogP contribution in [0.2, 0.25) is 0 Å². The summed E-state index contributed by atoms with van der Waals surface area (Å²) >= 11 is 1.63. The normalized spacial score (nSPS) is 11.9. The number of aromatic carboxylic acids is 1. The Morgan fingerprint density at radius 2 is 2.23 bits per heavy atom. The minimum atomic E-state index is -1.14. The van der Waals surface area contributed by atoms with Gasteiger partial charge in [-0.1, -0.05) is 18.2 Å². The molecule has 22 heavy (non-hydrogen) atoms. The number of carboxylic acids is 1. The van der Waals surface area contributed by atoms with Gasteiger partial charge in [0.25, 0.3) is 0 Å². The maximum Gasteiger partial charge on any atom is 0.358 e. The van der Waals surface area contributed by atoms with Crippen molar-refractivity contribution in [2.75, 3.05) is 11.6 Å². The van der Waals surface area contributed by atoms with Crippen LogP contribution < -0.4 is 5.32 Å². The number of carbonyl (C=O) groups is 2. The smallest absolute Gasteiger partial charge is 0.358 e. The number of hydrogen-bond acceptors (Lipinski definition) is 5. The lowest BCUT2D eigenvalue weighted by atomic mass is 10.2. The number of carbonyl (C=O) groups excluding carboxylic acids is 1. The molecular weight excluding hydrogens is 304 g/mol. The molecule has 7 nitrogen and oxygen atoms in total. The van der Waals surface area contributed by atoms with Crippen LogP contribution in [-0.2, 0) is 4.79 Å². The van der Waals surface area contributed by atoms with E-state index in [0.29, 0.717) is 17.8 Å². The van der Waals surface area contributed by atoms with Crippen molar-refractivity contribution < 1.29 is 14.7 Å². The molecule has 0 spiro atoms. The molecule has 0 bridgehead atoms. The van der Waals surface area contributed by atoms with Gasteiger partial charge in [0.05, 0.1) is 11.9 Å². The summed E-state index contributed by atoms with van der Waals surface area (Å²) in [6, 6.07) is 6.98. The van der Waals surface area contributed by atoms with E-state index in [1.165, 1.54) is 10.9 Å². The summed E-state index contributed by atoms with van der Waals surface area (Å²) in [5.41, 5.74) is 1.11. The second kappa shape index (κ2) is 7.08. The van der Waals surface area contributed by atoms with Crippen molar-refractivity contribution in [2.24, 2.45) is 0 Å². The molecule has 0 radical (unpaired) electrons. The van der Waals surface area contributed by atoms with Gasteiger partial charge in [-0.2, -0.15) is 11.8 Å². The van der Waals surface area contributed by atoms with E-state index in [-0.39, 0.29) is 16.9 Å². The molecule has 0 saturated heterocycles. The number of aromatic nitrogens is 3. The van der Waals surface area contributed by atoms with Crippen LogP contribution in [0.4, 0.5) is 5.69 Å². The van der Waals surface area contributed by atoms with Gasteiger partial charge in [0.15, 0.2) is 5.69 Å². The van der Waals surface area contributed by atoms with E-state index in [0.717, 1.165) is 0 Å². The molecule has 1 atom stereocenters. The van der Waals surface area contributed by atoms with Gasteiger partial charge in [-0.15, -0.1) is 5.10 Å². The van der Waals surface area contributed by atoms with Crippen molar-refractivity contribution >= 4 is 29.3 Å². The highest BCUT2D eigenvalue weighted by molar-refractivity contribution is 7.99. The number of amides is 1. The minimum Gasteiger partial charge on any atom is -0.476 e.